The molecule has 5 nitrogen and oxygen atoms in total. The molecule has 0 atom stereocenters. The summed E-state index contributed by atoms with van der Waals surface area (Å²) in [6.45, 7) is 1.04. The molecule has 112 valence electrons. The molecule has 0 heterocycles. The van der Waals surface area contributed by atoms with Crippen LogP contribution in [-0.2, 0) is 13.8 Å². The SMILES string of the molecule is COCCCN(C)C(=O)c1ccc(Cl)c(S(=O)(=O)Cl)c1. The van der Waals surface area contributed by atoms with E-state index in [4.69, 9.17) is 27.0 Å². The van der Waals surface area contributed by atoms with Gasteiger partial charge in [0.15, 0.2) is 0 Å². The molecule has 1 aromatic carbocycles. The number of hydrogen-bond donors (Lipinski definition) is 0. The van der Waals surface area contributed by atoms with E-state index in [0.29, 0.717) is 19.6 Å². The molecule has 20 heavy (non-hydrogen) atoms. The van der Waals surface area contributed by atoms with Crippen LogP contribution in [-0.4, -0.2) is 46.5 Å². The highest BCUT2D eigenvalue weighted by molar-refractivity contribution is 8.13. The monoisotopic (exact) mass is 339 g/mol. The number of ether oxygens (including phenoxy) is 1. The van der Waals surface area contributed by atoms with Gasteiger partial charge in [0.1, 0.15) is 4.90 Å². The maximum absolute atomic E-state index is 12.1. The minimum Gasteiger partial charge on any atom is -0.385 e. The first-order valence-corrected chi connectivity index (χ1v) is 8.44. The quantitative estimate of drug-likeness (QED) is 0.589. The Morgan fingerprint density at radius 3 is 2.60 bits per heavy atom. The van der Waals surface area contributed by atoms with E-state index in [0.717, 1.165) is 0 Å². The van der Waals surface area contributed by atoms with Crippen LogP contribution in [0.25, 0.3) is 0 Å². The van der Waals surface area contributed by atoms with Crippen molar-refractivity contribution in [2.45, 2.75) is 11.3 Å². The fraction of sp³-hybridized carbons (Fsp3) is 0.417. The third-order valence-corrected chi connectivity index (χ3v) is 4.43. The highest BCUT2D eigenvalue weighted by Crippen LogP contribution is 2.26. The van der Waals surface area contributed by atoms with Crippen LogP contribution in [0.1, 0.15) is 16.8 Å². The molecule has 0 fully saturated rings. The largest absolute Gasteiger partial charge is 0.385 e. The summed E-state index contributed by atoms with van der Waals surface area (Å²) in [4.78, 5) is 13.3. The van der Waals surface area contributed by atoms with E-state index in [9.17, 15) is 13.2 Å². The smallest absolute Gasteiger partial charge is 0.262 e. The first-order chi connectivity index (χ1) is 9.27. The molecule has 0 saturated carbocycles. The molecule has 0 aliphatic rings. The van der Waals surface area contributed by atoms with E-state index in [-0.39, 0.29) is 21.4 Å². The average molecular weight is 340 g/mol. The maximum atomic E-state index is 12.1. The Labute approximate surface area is 127 Å². The average Bonchev–Trinajstić information content (AvgIpc) is 2.37. The zero-order valence-electron chi connectivity index (χ0n) is 11.1. The highest BCUT2D eigenvalue weighted by Gasteiger charge is 2.19. The Morgan fingerprint density at radius 2 is 2.05 bits per heavy atom. The number of nitrogens with zero attached hydrogens (tertiary/aromatic N) is 1. The summed E-state index contributed by atoms with van der Waals surface area (Å²) in [6, 6.07) is 3.98. The molecule has 0 spiro atoms. The van der Waals surface area contributed by atoms with Crippen LogP contribution in [0.3, 0.4) is 0 Å². The van der Waals surface area contributed by atoms with E-state index in [1.807, 2.05) is 0 Å². The van der Waals surface area contributed by atoms with Gasteiger partial charge in [-0.15, -0.1) is 0 Å². The Hall–Kier alpha value is -0.820. The molecular formula is C12H15Cl2NO4S. The molecule has 1 amide bonds. The van der Waals surface area contributed by atoms with Gasteiger partial charge in [0.05, 0.1) is 5.02 Å². The number of carbonyl (C=O) groups is 1. The third-order valence-electron chi connectivity index (χ3n) is 2.63. The molecule has 0 radical (unpaired) electrons. The molecule has 0 aliphatic heterocycles. The maximum Gasteiger partial charge on any atom is 0.262 e. The van der Waals surface area contributed by atoms with Crippen molar-refractivity contribution in [3.63, 3.8) is 0 Å². The highest BCUT2D eigenvalue weighted by atomic mass is 35.7. The lowest BCUT2D eigenvalue weighted by Crippen LogP contribution is -2.28. The van der Waals surface area contributed by atoms with Gasteiger partial charge in [-0.3, -0.25) is 4.79 Å². The Kier molecular flexibility index (Phi) is 6.26. The number of benzene rings is 1. The van der Waals surface area contributed by atoms with Crippen molar-refractivity contribution < 1.29 is 17.9 Å². The van der Waals surface area contributed by atoms with Gasteiger partial charge >= 0.3 is 0 Å². The van der Waals surface area contributed by atoms with Gasteiger partial charge in [0, 0.05) is 43.6 Å². The summed E-state index contributed by atoms with van der Waals surface area (Å²) in [6.07, 6.45) is 0.687. The molecular weight excluding hydrogens is 325 g/mol. The Balaban J connectivity index is 2.94. The minimum absolute atomic E-state index is 0.0152. The van der Waals surface area contributed by atoms with Crippen LogP contribution in [0.15, 0.2) is 23.1 Å². The standard InChI is InChI=1S/C12H15Cl2NO4S/c1-15(6-3-7-19-2)12(16)9-4-5-10(13)11(8-9)20(14,17)18/h4-5,8H,3,6-7H2,1-2H3. The second kappa shape index (κ2) is 7.26. The molecule has 0 unspecified atom stereocenters. The van der Waals surface area contributed by atoms with E-state index in [1.165, 1.54) is 23.1 Å². The molecule has 1 aromatic rings. The number of amides is 1. The van der Waals surface area contributed by atoms with Crippen molar-refractivity contribution in [3.8, 4) is 0 Å². The summed E-state index contributed by atoms with van der Waals surface area (Å²) in [7, 11) is 4.49. The normalized spacial score (nSPS) is 11.4. The summed E-state index contributed by atoms with van der Waals surface area (Å²) < 4.78 is 27.6. The van der Waals surface area contributed by atoms with Crippen molar-refractivity contribution in [1.29, 1.82) is 0 Å². The predicted octanol–water partition coefficient (Wildman–Crippen LogP) is 2.38. The number of halogens is 2. The third kappa shape index (κ3) is 4.63. The van der Waals surface area contributed by atoms with Crippen molar-refractivity contribution in [2.24, 2.45) is 0 Å². The van der Waals surface area contributed by atoms with Gasteiger partial charge in [0.2, 0.25) is 0 Å². The van der Waals surface area contributed by atoms with Crippen molar-refractivity contribution in [3.05, 3.63) is 28.8 Å². The van der Waals surface area contributed by atoms with E-state index in [1.54, 1.807) is 14.2 Å². The van der Waals surface area contributed by atoms with E-state index >= 15 is 0 Å². The Morgan fingerprint density at radius 1 is 1.40 bits per heavy atom. The van der Waals surface area contributed by atoms with Crippen molar-refractivity contribution >= 4 is 37.2 Å². The van der Waals surface area contributed by atoms with Crippen LogP contribution < -0.4 is 0 Å². The molecule has 0 N–H and O–H groups in total. The molecule has 0 saturated heterocycles. The lowest BCUT2D eigenvalue weighted by molar-refractivity contribution is 0.0779. The van der Waals surface area contributed by atoms with Crippen LogP contribution in [0.5, 0.6) is 0 Å². The van der Waals surface area contributed by atoms with Crippen LogP contribution in [0.2, 0.25) is 5.02 Å². The van der Waals surface area contributed by atoms with Gasteiger partial charge in [-0.25, -0.2) is 8.42 Å². The number of rotatable bonds is 6. The Bertz CT molecular complexity index is 589. The second-order valence-electron chi connectivity index (χ2n) is 4.16. The summed E-state index contributed by atoms with van der Waals surface area (Å²) in [5, 5.41) is -0.0152. The van der Waals surface area contributed by atoms with E-state index in [2.05, 4.69) is 0 Å². The number of methoxy groups -OCH3 is 1. The molecule has 0 aliphatic carbocycles. The number of hydrogen-bond acceptors (Lipinski definition) is 4. The first-order valence-electron chi connectivity index (χ1n) is 5.76. The summed E-state index contributed by atoms with van der Waals surface area (Å²) in [5.41, 5.74) is 0.216. The number of carbonyl (C=O) groups excluding carboxylic acids is 1. The second-order valence-corrected chi connectivity index (χ2v) is 7.10. The molecule has 0 aromatic heterocycles. The fourth-order valence-corrected chi connectivity index (χ4v) is 3.08. The van der Waals surface area contributed by atoms with E-state index < -0.39 is 9.05 Å². The molecule has 8 heteroatoms. The molecule has 1 rings (SSSR count). The van der Waals surface area contributed by atoms with Gasteiger partial charge in [0.25, 0.3) is 15.0 Å². The topological polar surface area (TPSA) is 63.7 Å². The fourth-order valence-electron chi connectivity index (χ4n) is 1.59. The lowest BCUT2D eigenvalue weighted by atomic mass is 10.2. The van der Waals surface area contributed by atoms with Gasteiger partial charge in [-0.1, -0.05) is 11.6 Å². The molecule has 0 bridgehead atoms. The zero-order valence-corrected chi connectivity index (χ0v) is 13.4. The van der Waals surface area contributed by atoms with Crippen molar-refractivity contribution in [2.75, 3.05) is 27.3 Å². The van der Waals surface area contributed by atoms with Crippen LogP contribution >= 0.6 is 22.3 Å². The lowest BCUT2D eigenvalue weighted by Gasteiger charge is -2.17. The van der Waals surface area contributed by atoms with Crippen LogP contribution in [0.4, 0.5) is 0 Å². The predicted molar refractivity (Wildman–Crippen MR) is 77.9 cm³/mol. The van der Waals surface area contributed by atoms with Crippen LogP contribution in [0, 0.1) is 0 Å². The van der Waals surface area contributed by atoms with Gasteiger partial charge in [-0.2, -0.15) is 0 Å². The first kappa shape index (κ1) is 17.2. The summed E-state index contributed by atoms with van der Waals surface area (Å²) >= 11 is 5.76. The van der Waals surface area contributed by atoms with Gasteiger partial charge in [-0.05, 0) is 24.6 Å². The van der Waals surface area contributed by atoms with Crippen molar-refractivity contribution in [1.82, 2.24) is 4.90 Å². The summed E-state index contributed by atoms with van der Waals surface area (Å²) in [5.74, 6) is -0.306. The minimum atomic E-state index is -3.99. The zero-order chi connectivity index (χ0) is 15.3. The van der Waals surface area contributed by atoms with Gasteiger partial charge < -0.3 is 9.64 Å².